The van der Waals surface area contributed by atoms with Crippen molar-refractivity contribution in [1.29, 1.82) is 0 Å². The second-order valence-electron chi connectivity index (χ2n) is 3.14. The number of benzene rings is 1. The topological polar surface area (TPSA) is 107 Å². The number of nitro groups is 1. The van der Waals surface area contributed by atoms with E-state index in [1.54, 1.807) is 0 Å². The molecule has 1 amide bonds. The fourth-order valence-corrected chi connectivity index (χ4v) is 1.16. The summed E-state index contributed by atoms with van der Waals surface area (Å²) >= 11 is 0. The number of non-ortho nitro benzene ring substituents is 1. The van der Waals surface area contributed by atoms with Gasteiger partial charge in [0.05, 0.1) is 17.1 Å². The number of ether oxygens (including phenoxy) is 1. The van der Waals surface area contributed by atoms with Gasteiger partial charge in [0.15, 0.2) is 11.6 Å². The molecule has 0 spiro atoms. The van der Waals surface area contributed by atoms with Crippen LogP contribution < -0.4 is 11.1 Å². The summed E-state index contributed by atoms with van der Waals surface area (Å²) in [5.41, 5.74) is 3.45. The number of halogens is 2. The summed E-state index contributed by atoms with van der Waals surface area (Å²) in [5.74, 6) is -2.22. The summed E-state index contributed by atoms with van der Waals surface area (Å²) in [6.07, 6.45) is -1.01. The summed E-state index contributed by atoms with van der Waals surface area (Å²) in [5, 5.41) is 12.6. The van der Waals surface area contributed by atoms with Crippen LogP contribution in [-0.2, 0) is 4.74 Å². The van der Waals surface area contributed by atoms with Gasteiger partial charge in [0.2, 0.25) is 0 Å². The number of rotatable bonds is 5. The number of nitrogens with zero attached hydrogens (tertiary/aromatic N) is 1. The Morgan fingerprint density at radius 3 is 2.44 bits per heavy atom. The monoisotopic (exact) mass is 261 g/mol. The van der Waals surface area contributed by atoms with Crippen molar-refractivity contribution < 1.29 is 23.2 Å². The molecule has 0 aromatic heterocycles. The number of anilines is 1. The second kappa shape index (κ2) is 5.75. The van der Waals surface area contributed by atoms with Crippen molar-refractivity contribution in [3.8, 4) is 0 Å². The van der Waals surface area contributed by atoms with Crippen LogP contribution in [0.15, 0.2) is 12.1 Å². The maximum absolute atomic E-state index is 13.3. The van der Waals surface area contributed by atoms with Crippen molar-refractivity contribution in [1.82, 2.24) is 0 Å². The normalized spacial score (nSPS) is 9.89. The van der Waals surface area contributed by atoms with Gasteiger partial charge in [-0.25, -0.2) is 13.6 Å². The van der Waals surface area contributed by atoms with Gasteiger partial charge in [0.1, 0.15) is 12.3 Å². The molecule has 1 aromatic carbocycles. The molecule has 1 rings (SSSR count). The Morgan fingerprint density at radius 1 is 1.44 bits per heavy atom. The van der Waals surface area contributed by atoms with Crippen LogP contribution in [0.25, 0.3) is 0 Å². The maximum atomic E-state index is 13.3. The molecule has 0 heterocycles. The average molecular weight is 261 g/mol. The lowest BCUT2D eigenvalue weighted by Crippen LogP contribution is -2.19. The lowest BCUT2D eigenvalue weighted by atomic mass is 10.2. The minimum absolute atomic E-state index is 0.0887. The van der Waals surface area contributed by atoms with Gasteiger partial charge in [-0.2, -0.15) is 0 Å². The van der Waals surface area contributed by atoms with Gasteiger partial charge in [-0.3, -0.25) is 10.1 Å². The highest BCUT2D eigenvalue weighted by Crippen LogP contribution is 2.24. The van der Waals surface area contributed by atoms with Crippen LogP contribution >= 0.6 is 0 Å². The zero-order valence-electron chi connectivity index (χ0n) is 8.98. The predicted molar refractivity (Wildman–Crippen MR) is 57.0 cm³/mol. The van der Waals surface area contributed by atoms with E-state index in [1.807, 2.05) is 0 Å². The second-order valence-corrected chi connectivity index (χ2v) is 3.14. The molecule has 0 radical (unpaired) electrons. The first-order valence-electron chi connectivity index (χ1n) is 4.71. The molecule has 9 heteroatoms. The molecule has 0 aliphatic carbocycles. The van der Waals surface area contributed by atoms with Crippen molar-refractivity contribution in [3.05, 3.63) is 33.9 Å². The Labute approximate surface area is 99.7 Å². The minimum atomic E-state index is -1.11. The number of amides is 1. The Kier molecular flexibility index (Phi) is 4.35. The maximum Gasteiger partial charge on any atom is 0.404 e. The molecule has 3 N–H and O–H groups in total. The molecule has 0 aliphatic rings. The molecule has 18 heavy (non-hydrogen) atoms. The number of carbonyl (C=O) groups excluding carboxylic acids is 1. The van der Waals surface area contributed by atoms with Crippen LogP contribution in [0.4, 0.5) is 25.0 Å². The Balaban J connectivity index is 2.72. The highest BCUT2D eigenvalue weighted by atomic mass is 19.1. The SMILES string of the molecule is NC(=O)OCCNc1c(F)cc([N+](=O)[O-])cc1F. The molecular weight excluding hydrogens is 252 g/mol. The highest BCUT2D eigenvalue weighted by Gasteiger charge is 2.16. The van der Waals surface area contributed by atoms with Crippen LogP contribution in [0.3, 0.4) is 0 Å². The Hall–Kier alpha value is -2.45. The molecule has 0 bridgehead atoms. The first-order valence-corrected chi connectivity index (χ1v) is 4.71. The molecule has 98 valence electrons. The summed E-state index contributed by atoms with van der Waals surface area (Å²) in [4.78, 5) is 19.6. The predicted octanol–water partition coefficient (Wildman–Crippen LogP) is 1.38. The summed E-state index contributed by atoms with van der Waals surface area (Å²) < 4.78 is 31.0. The standard InChI is InChI=1S/C9H9F2N3O4/c10-6-3-5(14(16)17)4-7(11)8(6)13-1-2-18-9(12)15/h3-4,13H,1-2H2,(H2,12,15). The minimum Gasteiger partial charge on any atom is -0.448 e. The van der Waals surface area contributed by atoms with Crippen LogP contribution in [0.1, 0.15) is 0 Å². The van der Waals surface area contributed by atoms with Crippen molar-refractivity contribution >= 4 is 17.5 Å². The zero-order valence-corrected chi connectivity index (χ0v) is 8.98. The third-order valence-electron chi connectivity index (χ3n) is 1.89. The fraction of sp³-hybridized carbons (Fsp3) is 0.222. The lowest BCUT2D eigenvalue weighted by Gasteiger charge is -2.08. The van der Waals surface area contributed by atoms with Crippen LogP contribution in [0, 0.1) is 21.7 Å². The first kappa shape index (κ1) is 13.6. The summed E-state index contributed by atoms with van der Waals surface area (Å²) in [6, 6.07) is 1.17. The van der Waals surface area contributed by atoms with E-state index in [9.17, 15) is 23.7 Å². The van der Waals surface area contributed by atoms with E-state index in [-0.39, 0.29) is 13.2 Å². The van der Waals surface area contributed by atoms with E-state index in [1.165, 1.54) is 0 Å². The number of nitro benzene ring substituents is 1. The van der Waals surface area contributed by atoms with E-state index >= 15 is 0 Å². The van der Waals surface area contributed by atoms with Gasteiger partial charge in [0.25, 0.3) is 5.69 Å². The fourth-order valence-electron chi connectivity index (χ4n) is 1.16. The van der Waals surface area contributed by atoms with Crippen LogP contribution in [-0.4, -0.2) is 24.2 Å². The summed E-state index contributed by atoms with van der Waals surface area (Å²) in [7, 11) is 0. The molecule has 0 saturated heterocycles. The molecule has 1 aromatic rings. The molecule has 0 fully saturated rings. The Morgan fingerprint density at radius 2 is 2.00 bits per heavy atom. The van der Waals surface area contributed by atoms with E-state index in [0.29, 0.717) is 12.1 Å². The van der Waals surface area contributed by atoms with Crippen molar-refractivity contribution in [2.75, 3.05) is 18.5 Å². The van der Waals surface area contributed by atoms with Crippen LogP contribution in [0.2, 0.25) is 0 Å². The van der Waals surface area contributed by atoms with Gasteiger partial charge >= 0.3 is 6.09 Å². The largest absolute Gasteiger partial charge is 0.448 e. The number of carbonyl (C=O) groups is 1. The van der Waals surface area contributed by atoms with E-state index in [0.717, 1.165) is 0 Å². The lowest BCUT2D eigenvalue weighted by molar-refractivity contribution is -0.385. The molecule has 7 nitrogen and oxygen atoms in total. The third-order valence-corrected chi connectivity index (χ3v) is 1.89. The van der Waals surface area contributed by atoms with Crippen molar-refractivity contribution in [2.24, 2.45) is 5.73 Å². The number of hydrogen-bond acceptors (Lipinski definition) is 5. The van der Waals surface area contributed by atoms with E-state index in [4.69, 9.17) is 0 Å². The van der Waals surface area contributed by atoms with Crippen LogP contribution in [0.5, 0.6) is 0 Å². The van der Waals surface area contributed by atoms with Gasteiger partial charge in [0, 0.05) is 6.54 Å². The smallest absolute Gasteiger partial charge is 0.404 e. The molecule has 0 unspecified atom stereocenters. The Bertz CT molecular complexity index is 458. The number of primary amides is 1. The van der Waals surface area contributed by atoms with Gasteiger partial charge < -0.3 is 15.8 Å². The van der Waals surface area contributed by atoms with Gasteiger partial charge in [-0.1, -0.05) is 0 Å². The van der Waals surface area contributed by atoms with Crippen molar-refractivity contribution in [2.45, 2.75) is 0 Å². The zero-order chi connectivity index (χ0) is 13.7. The quantitative estimate of drug-likeness (QED) is 0.473. The first-order chi connectivity index (χ1) is 8.41. The summed E-state index contributed by atoms with van der Waals surface area (Å²) in [6.45, 7) is -0.278. The van der Waals surface area contributed by atoms with Gasteiger partial charge in [-0.15, -0.1) is 0 Å². The molecule has 0 saturated carbocycles. The van der Waals surface area contributed by atoms with E-state index < -0.39 is 34.0 Å². The number of nitrogens with one attached hydrogen (secondary N) is 1. The van der Waals surface area contributed by atoms with Gasteiger partial charge in [-0.05, 0) is 0 Å². The number of hydrogen-bond donors (Lipinski definition) is 2. The third kappa shape index (κ3) is 3.54. The number of nitrogens with two attached hydrogens (primary N) is 1. The molecule has 0 atom stereocenters. The molecular formula is C9H9F2N3O4. The average Bonchev–Trinajstić information content (AvgIpc) is 2.26. The van der Waals surface area contributed by atoms with Crippen molar-refractivity contribution in [3.63, 3.8) is 0 Å². The highest BCUT2D eigenvalue weighted by molar-refractivity contribution is 5.64. The molecule has 0 aliphatic heterocycles. The van der Waals surface area contributed by atoms with E-state index in [2.05, 4.69) is 15.8 Å².